The topological polar surface area (TPSA) is 56.6 Å². The van der Waals surface area contributed by atoms with Gasteiger partial charge in [-0.2, -0.15) is 0 Å². The van der Waals surface area contributed by atoms with Crippen LogP contribution < -0.4 is 9.47 Å². The third-order valence-corrected chi connectivity index (χ3v) is 5.50. The van der Waals surface area contributed by atoms with Gasteiger partial charge in [0.2, 0.25) is 5.91 Å². The van der Waals surface area contributed by atoms with Crippen molar-refractivity contribution >= 4 is 16.9 Å². The van der Waals surface area contributed by atoms with Crippen LogP contribution in [0.4, 0.5) is 0 Å². The molecule has 1 atom stereocenters. The molecule has 152 valence electrons. The van der Waals surface area contributed by atoms with Gasteiger partial charge in [0.05, 0.1) is 30.7 Å². The predicted molar refractivity (Wildman–Crippen MR) is 112 cm³/mol. The highest BCUT2D eigenvalue weighted by atomic mass is 16.5. The van der Waals surface area contributed by atoms with Crippen LogP contribution >= 0.6 is 0 Å². The van der Waals surface area contributed by atoms with E-state index in [-0.39, 0.29) is 11.9 Å². The lowest BCUT2D eigenvalue weighted by atomic mass is 10.2. The molecular formula is C23H27N3O3. The zero-order valence-corrected chi connectivity index (χ0v) is 17.0. The minimum Gasteiger partial charge on any atom is -0.493 e. The van der Waals surface area contributed by atoms with Gasteiger partial charge in [-0.05, 0) is 37.1 Å². The number of benzene rings is 2. The van der Waals surface area contributed by atoms with Crippen molar-refractivity contribution in [3.63, 3.8) is 0 Å². The molecule has 2 heterocycles. The molecule has 0 spiro atoms. The molecule has 0 unspecified atom stereocenters. The molecule has 1 aliphatic rings. The van der Waals surface area contributed by atoms with E-state index in [1.165, 1.54) is 0 Å². The summed E-state index contributed by atoms with van der Waals surface area (Å²) in [4.78, 5) is 19.3. The minimum atomic E-state index is 0.0288. The Morgan fingerprint density at radius 2 is 1.90 bits per heavy atom. The van der Waals surface area contributed by atoms with Gasteiger partial charge in [0.15, 0.2) is 11.5 Å². The summed E-state index contributed by atoms with van der Waals surface area (Å²) in [6.07, 6.45) is 2.48. The Kier molecular flexibility index (Phi) is 5.69. The van der Waals surface area contributed by atoms with Gasteiger partial charge in [-0.1, -0.05) is 31.2 Å². The molecule has 0 saturated carbocycles. The van der Waals surface area contributed by atoms with Crippen LogP contribution in [0.25, 0.3) is 11.0 Å². The average Bonchev–Trinajstić information content (AvgIpc) is 3.38. The quantitative estimate of drug-likeness (QED) is 0.604. The van der Waals surface area contributed by atoms with Crippen molar-refractivity contribution in [2.24, 2.45) is 0 Å². The van der Waals surface area contributed by atoms with E-state index in [4.69, 9.17) is 14.5 Å². The number of amides is 1. The number of ether oxygens (including phenoxy) is 2. The number of hydrogen-bond acceptors (Lipinski definition) is 4. The fourth-order valence-electron chi connectivity index (χ4n) is 4.11. The van der Waals surface area contributed by atoms with Crippen LogP contribution in [-0.4, -0.2) is 40.6 Å². The molecule has 0 aliphatic carbocycles. The van der Waals surface area contributed by atoms with Crippen LogP contribution in [0, 0.1) is 0 Å². The molecule has 29 heavy (non-hydrogen) atoms. The molecule has 1 saturated heterocycles. The first-order chi connectivity index (χ1) is 14.2. The fraction of sp³-hybridized carbons (Fsp3) is 0.391. The second kappa shape index (κ2) is 8.55. The largest absolute Gasteiger partial charge is 0.493 e. The normalized spacial score (nSPS) is 16.3. The summed E-state index contributed by atoms with van der Waals surface area (Å²) in [5.74, 6) is 2.59. The highest BCUT2D eigenvalue weighted by molar-refractivity contribution is 5.78. The minimum absolute atomic E-state index is 0.0288. The first-order valence-corrected chi connectivity index (χ1v) is 10.2. The number of nitrogens with zero attached hydrogens (tertiary/aromatic N) is 3. The summed E-state index contributed by atoms with van der Waals surface area (Å²) in [6.45, 7) is 3.86. The third kappa shape index (κ3) is 3.79. The average molecular weight is 393 g/mol. The molecule has 3 aromatic rings. The monoisotopic (exact) mass is 393 g/mol. The Balaban J connectivity index is 1.61. The van der Waals surface area contributed by atoms with E-state index >= 15 is 0 Å². The van der Waals surface area contributed by atoms with Crippen LogP contribution in [-0.2, 0) is 11.3 Å². The van der Waals surface area contributed by atoms with Crippen LogP contribution in [0.15, 0.2) is 48.5 Å². The molecule has 1 aliphatic heterocycles. The van der Waals surface area contributed by atoms with Crippen LogP contribution in [0.1, 0.15) is 38.1 Å². The predicted octanol–water partition coefficient (Wildman–Crippen LogP) is 4.20. The molecule has 6 nitrogen and oxygen atoms in total. The van der Waals surface area contributed by atoms with Crippen molar-refractivity contribution in [1.82, 2.24) is 14.5 Å². The highest BCUT2D eigenvalue weighted by Gasteiger charge is 2.32. The molecule has 0 N–H and O–H groups in total. The van der Waals surface area contributed by atoms with Gasteiger partial charge in [0.25, 0.3) is 0 Å². The van der Waals surface area contributed by atoms with Gasteiger partial charge in [0.1, 0.15) is 12.4 Å². The number of rotatable bonds is 7. The first-order valence-electron chi connectivity index (χ1n) is 10.2. The smallest absolute Gasteiger partial charge is 0.222 e. The SMILES string of the molecule is CCC(=O)N1CCC[C@H]1c1nc2ccccc2n1CCOc1ccccc1OC. The van der Waals surface area contributed by atoms with E-state index in [0.717, 1.165) is 47.7 Å². The van der Waals surface area contributed by atoms with Gasteiger partial charge in [-0.25, -0.2) is 4.98 Å². The number of likely N-dealkylation sites (tertiary alicyclic amines) is 1. The summed E-state index contributed by atoms with van der Waals surface area (Å²) < 4.78 is 13.6. The van der Waals surface area contributed by atoms with E-state index in [1.807, 2.05) is 54.3 Å². The van der Waals surface area contributed by atoms with E-state index in [2.05, 4.69) is 10.6 Å². The number of para-hydroxylation sites is 4. The summed E-state index contributed by atoms with van der Waals surface area (Å²) in [6, 6.07) is 15.8. The van der Waals surface area contributed by atoms with Gasteiger partial charge in [-0.3, -0.25) is 4.79 Å². The Bertz CT molecular complexity index is 998. The number of hydrogen-bond donors (Lipinski definition) is 0. The lowest BCUT2D eigenvalue weighted by Crippen LogP contribution is -2.31. The first kappa shape index (κ1) is 19.3. The summed E-state index contributed by atoms with van der Waals surface area (Å²) in [7, 11) is 1.64. The van der Waals surface area contributed by atoms with Crippen molar-refractivity contribution in [3.05, 3.63) is 54.4 Å². The Morgan fingerprint density at radius 3 is 2.69 bits per heavy atom. The molecule has 1 amide bonds. The Labute approximate surface area is 171 Å². The van der Waals surface area contributed by atoms with E-state index in [9.17, 15) is 4.79 Å². The van der Waals surface area contributed by atoms with E-state index in [0.29, 0.717) is 19.6 Å². The third-order valence-electron chi connectivity index (χ3n) is 5.50. The fourth-order valence-corrected chi connectivity index (χ4v) is 4.11. The molecular weight excluding hydrogens is 366 g/mol. The maximum absolute atomic E-state index is 12.4. The second-order valence-corrected chi connectivity index (χ2v) is 7.21. The Morgan fingerprint density at radius 1 is 1.14 bits per heavy atom. The van der Waals surface area contributed by atoms with Crippen molar-refractivity contribution in [3.8, 4) is 11.5 Å². The number of aromatic nitrogens is 2. The molecule has 1 aromatic heterocycles. The maximum atomic E-state index is 12.4. The van der Waals surface area contributed by atoms with Gasteiger partial charge in [-0.15, -0.1) is 0 Å². The molecule has 1 fully saturated rings. The standard InChI is InChI=1S/C23H27N3O3/c1-3-22(27)25-14-8-11-19(25)23-24-17-9-4-5-10-18(17)26(23)15-16-29-21-13-7-6-12-20(21)28-2/h4-7,9-10,12-13,19H,3,8,11,14-16H2,1-2H3/t19-/m0/s1. The van der Waals surface area contributed by atoms with Crippen molar-refractivity contribution < 1.29 is 14.3 Å². The second-order valence-electron chi connectivity index (χ2n) is 7.21. The zero-order chi connectivity index (χ0) is 20.2. The summed E-state index contributed by atoms with van der Waals surface area (Å²) in [5, 5.41) is 0. The lowest BCUT2D eigenvalue weighted by Gasteiger charge is -2.25. The van der Waals surface area contributed by atoms with Crippen LogP contribution in [0.2, 0.25) is 0 Å². The number of imidazole rings is 1. The van der Waals surface area contributed by atoms with Crippen molar-refractivity contribution in [2.75, 3.05) is 20.3 Å². The maximum Gasteiger partial charge on any atom is 0.222 e. The van der Waals surface area contributed by atoms with Gasteiger partial charge >= 0.3 is 0 Å². The molecule has 0 radical (unpaired) electrons. The van der Waals surface area contributed by atoms with Crippen molar-refractivity contribution in [2.45, 2.75) is 38.8 Å². The van der Waals surface area contributed by atoms with Crippen molar-refractivity contribution in [1.29, 1.82) is 0 Å². The number of methoxy groups -OCH3 is 1. The summed E-state index contributed by atoms with van der Waals surface area (Å²) in [5.41, 5.74) is 2.03. The van der Waals surface area contributed by atoms with Crippen LogP contribution in [0.3, 0.4) is 0 Å². The van der Waals surface area contributed by atoms with E-state index in [1.54, 1.807) is 7.11 Å². The summed E-state index contributed by atoms with van der Waals surface area (Å²) >= 11 is 0. The Hall–Kier alpha value is -3.02. The molecule has 0 bridgehead atoms. The van der Waals surface area contributed by atoms with E-state index < -0.39 is 0 Å². The number of carbonyl (C=O) groups excluding carboxylic acids is 1. The van der Waals surface area contributed by atoms with Gasteiger partial charge in [0, 0.05) is 13.0 Å². The van der Waals surface area contributed by atoms with Crippen LogP contribution in [0.5, 0.6) is 11.5 Å². The van der Waals surface area contributed by atoms with Gasteiger partial charge < -0.3 is 18.9 Å². The zero-order valence-electron chi connectivity index (χ0n) is 17.0. The number of carbonyl (C=O) groups is 1. The number of fused-ring (bicyclic) bond motifs is 1. The molecule has 6 heteroatoms. The molecule has 4 rings (SSSR count). The lowest BCUT2D eigenvalue weighted by molar-refractivity contribution is -0.131. The highest BCUT2D eigenvalue weighted by Crippen LogP contribution is 2.34. The molecule has 2 aromatic carbocycles.